The van der Waals surface area contributed by atoms with Gasteiger partial charge in [0.05, 0.1) is 4.47 Å². The van der Waals surface area contributed by atoms with E-state index in [-0.39, 0.29) is 5.88 Å². The van der Waals surface area contributed by atoms with Crippen molar-refractivity contribution in [1.82, 2.24) is 4.98 Å². The topological polar surface area (TPSA) is 48.1 Å². The molecular formula is C15H19BrF2N2O. The average Bonchev–Trinajstić information content (AvgIpc) is 2.34. The van der Waals surface area contributed by atoms with E-state index in [1.165, 1.54) is 0 Å². The standard InChI is InChI=1S/C15H19BrF2N2O/c1-9(2)12(10(3)19)7-11-5-6-13(16)14(20-11)21-8-15(4,17)18/h5-6H,1,7-8,19H2,2-4H3/b12-10+. The molecule has 1 heterocycles. The lowest BCUT2D eigenvalue weighted by molar-refractivity contribution is -0.0245. The highest BCUT2D eigenvalue weighted by Crippen LogP contribution is 2.26. The molecule has 3 nitrogen and oxygen atoms in total. The normalized spacial score (nSPS) is 12.9. The first-order chi connectivity index (χ1) is 9.60. The van der Waals surface area contributed by atoms with Crippen LogP contribution in [0.5, 0.6) is 5.88 Å². The Bertz CT molecular complexity index is 561. The van der Waals surface area contributed by atoms with E-state index in [4.69, 9.17) is 10.5 Å². The summed E-state index contributed by atoms with van der Waals surface area (Å²) < 4.78 is 31.3. The van der Waals surface area contributed by atoms with Crippen molar-refractivity contribution < 1.29 is 13.5 Å². The molecule has 0 fully saturated rings. The molecule has 1 rings (SSSR count). The van der Waals surface area contributed by atoms with E-state index < -0.39 is 12.5 Å². The summed E-state index contributed by atoms with van der Waals surface area (Å²) in [5, 5.41) is 0. The van der Waals surface area contributed by atoms with Gasteiger partial charge in [0.15, 0.2) is 6.61 Å². The zero-order valence-electron chi connectivity index (χ0n) is 12.3. The second kappa shape index (κ2) is 7.02. The quantitative estimate of drug-likeness (QED) is 0.772. The third-order valence-electron chi connectivity index (χ3n) is 2.68. The van der Waals surface area contributed by atoms with E-state index in [0.29, 0.717) is 22.3 Å². The van der Waals surface area contributed by atoms with Crippen LogP contribution in [0, 0.1) is 0 Å². The van der Waals surface area contributed by atoms with Crippen LogP contribution in [0.15, 0.2) is 40.0 Å². The van der Waals surface area contributed by atoms with Gasteiger partial charge in [-0.3, -0.25) is 0 Å². The molecule has 116 valence electrons. The van der Waals surface area contributed by atoms with Gasteiger partial charge in [-0.2, -0.15) is 0 Å². The second-order valence-corrected chi connectivity index (χ2v) is 5.92. The van der Waals surface area contributed by atoms with Crippen molar-refractivity contribution in [1.29, 1.82) is 0 Å². The molecule has 0 aliphatic carbocycles. The number of ether oxygens (including phenoxy) is 1. The molecular weight excluding hydrogens is 342 g/mol. The third-order valence-corrected chi connectivity index (χ3v) is 3.29. The minimum absolute atomic E-state index is 0.143. The van der Waals surface area contributed by atoms with E-state index in [1.807, 2.05) is 6.92 Å². The van der Waals surface area contributed by atoms with Gasteiger partial charge in [0.25, 0.3) is 5.92 Å². The van der Waals surface area contributed by atoms with Crippen LogP contribution in [-0.2, 0) is 6.42 Å². The van der Waals surface area contributed by atoms with Crippen molar-refractivity contribution in [2.75, 3.05) is 6.61 Å². The highest BCUT2D eigenvalue weighted by Gasteiger charge is 2.23. The zero-order chi connectivity index (χ0) is 16.2. The van der Waals surface area contributed by atoms with Crippen LogP contribution in [0.4, 0.5) is 8.78 Å². The van der Waals surface area contributed by atoms with Crippen LogP contribution in [0.1, 0.15) is 26.5 Å². The Morgan fingerprint density at radius 2 is 2.05 bits per heavy atom. The number of pyridine rings is 1. The number of hydrogen-bond donors (Lipinski definition) is 1. The Labute approximate surface area is 132 Å². The maximum atomic E-state index is 12.9. The average molecular weight is 361 g/mol. The minimum Gasteiger partial charge on any atom is -0.470 e. The largest absolute Gasteiger partial charge is 0.470 e. The summed E-state index contributed by atoms with van der Waals surface area (Å²) in [7, 11) is 0. The zero-order valence-corrected chi connectivity index (χ0v) is 13.9. The molecule has 0 spiro atoms. The minimum atomic E-state index is -2.91. The number of allylic oxidation sites excluding steroid dienone is 3. The van der Waals surface area contributed by atoms with Crippen molar-refractivity contribution in [3.05, 3.63) is 45.7 Å². The number of nitrogens with zero attached hydrogens (tertiary/aromatic N) is 1. The molecule has 0 aliphatic heterocycles. The number of nitrogens with two attached hydrogens (primary N) is 1. The van der Waals surface area contributed by atoms with Gasteiger partial charge in [0.1, 0.15) is 0 Å². The van der Waals surface area contributed by atoms with Crippen molar-refractivity contribution in [2.24, 2.45) is 5.73 Å². The number of rotatable bonds is 6. The van der Waals surface area contributed by atoms with Crippen molar-refractivity contribution >= 4 is 15.9 Å². The highest BCUT2D eigenvalue weighted by atomic mass is 79.9. The lowest BCUT2D eigenvalue weighted by Crippen LogP contribution is -2.21. The molecule has 6 heteroatoms. The van der Waals surface area contributed by atoms with Gasteiger partial charge in [-0.25, -0.2) is 13.8 Å². The smallest absolute Gasteiger partial charge is 0.278 e. The van der Waals surface area contributed by atoms with E-state index in [9.17, 15) is 8.78 Å². The maximum Gasteiger partial charge on any atom is 0.278 e. The highest BCUT2D eigenvalue weighted by molar-refractivity contribution is 9.10. The lowest BCUT2D eigenvalue weighted by atomic mass is 10.0. The SMILES string of the molecule is C=C(C)/C(Cc1ccc(Br)c(OCC(C)(F)F)n1)=C(\C)N. The molecule has 0 saturated heterocycles. The Hall–Kier alpha value is -1.43. The molecule has 0 amide bonds. The number of aromatic nitrogens is 1. The summed E-state index contributed by atoms with van der Waals surface area (Å²) in [6, 6.07) is 3.50. The van der Waals surface area contributed by atoms with Crippen LogP contribution >= 0.6 is 15.9 Å². The summed E-state index contributed by atoms with van der Waals surface area (Å²) in [5.74, 6) is -2.77. The van der Waals surface area contributed by atoms with Gasteiger partial charge in [0, 0.05) is 24.7 Å². The maximum absolute atomic E-state index is 12.9. The Kier molecular flexibility index (Phi) is 5.89. The van der Waals surface area contributed by atoms with Crippen LogP contribution in [0.3, 0.4) is 0 Å². The summed E-state index contributed by atoms with van der Waals surface area (Å²) in [6.07, 6.45) is 0.476. The number of hydrogen-bond acceptors (Lipinski definition) is 3. The fraction of sp³-hybridized carbons (Fsp3) is 0.400. The van der Waals surface area contributed by atoms with Crippen LogP contribution in [0.25, 0.3) is 0 Å². The van der Waals surface area contributed by atoms with E-state index in [1.54, 1.807) is 19.1 Å². The Balaban J connectivity index is 2.96. The lowest BCUT2D eigenvalue weighted by Gasteiger charge is -2.14. The fourth-order valence-corrected chi connectivity index (χ4v) is 2.00. The monoisotopic (exact) mass is 360 g/mol. The van der Waals surface area contributed by atoms with Gasteiger partial charge in [0.2, 0.25) is 5.88 Å². The molecule has 0 aromatic carbocycles. The Morgan fingerprint density at radius 1 is 1.43 bits per heavy atom. The summed E-state index contributed by atoms with van der Waals surface area (Å²) in [6.45, 7) is 7.60. The van der Waals surface area contributed by atoms with Gasteiger partial charge in [-0.15, -0.1) is 0 Å². The van der Waals surface area contributed by atoms with Crippen molar-refractivity contribution in [2.45, 2.75) is 33.1 Å². The molecule has 0 aliphatic rings. The third kappa shape index (κ3) is 5.83. The molecule has 1 aromatic rings. The predicted octanol–water partition coefficient (Wildman–Crippen LogP) is 4.23. The molecule has 21 heavy (non-hydrogen) atoms. The molecule has 2 N–H and O–H groups in total. The molecule has 1 aromatic heterocycles. The van der Waals surface area contributed by atoms with Crippen molar-refractivity contribution in [3.63, 3.8) is 0 Å². The number of halogens is 3. The van der Waals surface area contributed by atoms with Crippen LogP contribution < -0.4 is 10.5 Å². The van der Waals surface area contributed by atoms with Gasteiger partial charge in [-0.05, 0) is 47.5 Å². The van der Waals surface area contributed by atoms with E-state index in [0.717, 1.165) is 18.1 Å². The second-order valence-electron chi connectivity index (χ2n) is 5.07. The van der Waals surface area contributed by atoms with Gasteiger partial charge >= 0.3 is 0 Å². The van der Waals surface area contributed by atoms with E-state index >= 15 is 0 Å². The number of alkyl halides is 2. The van der Waals surface area contributed by atoms with Gasteiger partial charge < -0.3 is 10.5 Å². The molecule has 0 radical (unpaired) electrons. The molecule has 0 saturated carbocycles. The van der Waals surface area contributed by atoms with Gasteiger partial charge in [-0.1, -0.05) is 12.2 Å². The Morgan fingerprint density at radius 3 is 2.52 bits per heavy atom. The van der Waals surface area contributed by atoms with Crippen LogP contribution in [0.2, 0.25) is 0 Å². The summed E-state index contributed by atoms with van der Waals surface area (Å²) in [5.41, 5.74) is 8.89. The predicted molar refractivity (Wildman–Crippen MR) is 83.5 cm³/mol. The van der Waals surface area contributed by atoms with Crippen LogP contribution in [-0.4, -0.2) is 17.5 Å². The molecule has 0 bridgehead atoms. The molecule has 0 atom stereocenters. The first kappa shape index (κ1) is 17.6. The summed E-state index contributed by atoms with van der Waals surface area (Å²) in [4.78, 5) is 4.25. The fourth-order valence-electron chi connectivity index (χ4n) is 1.66. The first-order valence-electron chi connectivity index (χ1n) is 6.37. The first-order valence-corrected chi connectivity index (χ1v) is 7.16. The molecule has 0 unspecified atom stereocenters. The van der Waals surface area contributed by atoms with E-state index in [2.05, 4.69) is 27.5 Å². The van der Waals surface area contributed by atoms with Crippen molar-refractivity contribution in [3.8, 4) is 5.88 Å². The summed E-state index contributed by atoms with van der Waals surface area (Å²) >= 11 is 3.24.